The number of aryl methyl sites for hydroxylation is 1. The Kier molecular flexibility index (Phi) is 4.41. The molecule has 1 amide bonds. The van der Waals surface area contributed by atoms with Crippen LogP contribution >= 0.6 is 0 Å². The van der Waals surface area contributed by atoms with Crippen molar-refractivity contribution in [2.75, 3.05) is 5.32 Å². The van der Waals surface area contributed by atoms with Crippen LogP contribution < -0.4 is 11.1 Å². The van der Waals surface area contributed by atoms with Crippen LogP contribution in [-0.2, 0) is 4.79 Å². The average molecular weight is 274 g/mol. The zero-order valence-electron chi connectivity index (χ0n) is 11.6. The second-order valence-electron chi connectivity index (χ2n) is 4.64. The van der Waals surface area contributed by atoms with E-state index in [0.717, 1.165) is 17.7 Å². The quantitative estimate of drug-likeness (QED) is 0.848. The van der Waals surface area contributed by atoms with Crippen LogP contribution in [0.2, 0.25) is 0 Å². The van der Waals surface area contributed by atoms with Crippen molar-refractivity contribution < 1.29 is 4.79 Å². The number of hydrogen-bond donors (Lipinski definition) is 2. The predicted molar refractivity (Wildman–Crippen MR) is 75.4 cm³/mol. The first-order valence-electron chi connectivity index (χ1n) is 6.52. The van der Waals surface area contributed by atoms with E-state index in [4.69, 9.17) is 5.73 Å². The van der Waals surface area contributed by atoms with Crippen molar-refractivity contribution >= 4 is 11.6 Å². The molecule has 0 saturated heterocycles. The maximum absolute atomic E-state index is 11.9. The number of nitrogens with one attached hydrogen (secondary N) is 1. The molecule has 1 unspecified atom stereocenters. The lowest BCUT2D eigenvalue weighted by Gasteiger charge is -2.13. The SMILES string of the molecule is CCCC(N)C(=O)Nc1ccc(C)c(-n2cnnn2)c1. The lowest BCUT2D eigenvalue weighted by atomic mass is 10.1. The molecule has 0 bridgehead atoms. The van der Waals surface area contributed by atoms with Gasteiger partial charge in [-0.3, -0.25) is 4.79 Å². The van der Waals surface area contributed by atoms with E-state index in [1.807, 2.05) is 32.0 Å². The standard InChI is InChI=1S/C13H18N6O/c1-3-4-11(14)13(20)16-10-6-5-9(2)12(7-10)19-8-15-17-18-19/h5-8,11H,3-4,14H2,1-2H3,(H,16,20). The first-order valence-corrected chi connectivity index (χ1v) is 6.52. The second kappa shape index (κ2) is 6.25. The number of amides is 1. The number of carbonyl (C=O) groups is 1. The highest BCUT2D eigenvalue weighted by Gasteiger charge is 2.13. The molecule has 2 aromatic rings. The molecule has 3 N–H and O–H groups in total. The molecule has 0 fully saturated rings. The van der Waals surface area contributed by atoms with Crippen molar-refractivity contribution in [3.8, 4) is 5.69 Å². The zero-order chi connectivity index (χ0) is 14.5. The number of nitrogens with zero attached hydrogens (tertiary/aromatic N) is 4. The number of hydrogen-bond acceptors (Lipinski definition) is 5. The van der Waals surface area contributed by atoms with Gasteiger partial charge < -0.3 is 11.1 Å². The number of aromatic nitrogens is 4. The second-order valence-corrected chi connectivity index (χ2v) is 4.64. The van der Waals surface area contributed by atoms with Crippen LogP contribution in [0.4, 0.5) is 5.69 Å². The van der Waals surface area contributed by atoms with Gasteiger partial charge in [-0.2, -0.15) is 0 Å². The highest BCUT2D eigenvalue weighted by molar-refractivity contribution is 5.94. The van der Waals surface area contributed by atoms with Crippen LogP contribution in [0.3, 0.4) is 0 Å². The number of rotatable bonds is 5. The summed E-state index contributed by atoms with van der Waals surface area (Å²) in [6.07, 6.45) is 3.05. The third-order valence-electron chi connectivity index (χ3n) is 3.01. The Labute approximate surface area is 117 Å². The molecule has 1 aromatic carbocycles. The van der Waals surface area contributed by atoms with Gasteiger partial charge in [0.05, 0.1) is 11.7 Å². The van der Waals surface area contributed by atoms with Crippen molar-refractivity contribution in [2.24, 2.45) is 5.73 Å². The van der Waals surface area contributed by atoms with E-state index in [1.54, 1.807) is 4.68 Å². The number of nitrogens with two attached hydrogens (primary N) is 1. The average Bonchev–Trinajstić information content (AvgIpc) is 2.95. The Morgan fingerprint density at radius 3 is 2.95 bits per heavy atom. The molecule has 1 heterocycles. The fourth-order valence-electron chi connectivity index (χ4n) is 1.88. The minimum atomic E-state index is -0.488. The van der Waals surface area contributed by atoms with E-state index in [2.05, 4.69) is 20.8 Å². The van der Waals surface area contributed by atoms with Gasteiger partial charge >= 0.3 is 0 Å². The van der Waals surface area contributed by atoms with E-state index in [-0.39, 0.29) is 5.91 Å². The lowest BCUT2D eigenvalue weighted by molar-refractivity contribution is -0.117. The molecule has 1 atom stereocenters. The van der Waals surface area contributed by atoms with Crippen molar-refractivity contribution in [3.63, 3.8) is 0 Å². The number of benzene rings is 1. The molecule has 20 heavy (non-hydrogen) atoms. The third kappa shape index (κ3) is 3.18. The minimum Gasteiger partial charge on any atom is -0.325 e. The summed E-state index contributed by atoms with van der Waals surface area (Å²) in [7, 11) is 0. The van der Waals surface area contributed by atoms with Gasteiger partial charge in [0, 0.05) is 5.69 Å². The molecule has 7 nitrogen and oxygen atoms in total. The van der Waals surface area contributed by atoms with Gasteiger partial charge in [-0.15, -0.1) is 5.10 Å². The Bertz CT molecular complexity index is 581. The molecule has 0 aliphatic rings. The first kappa shape index (κ1) is 14.1. The summed E-state index contributed by atoms with van der Waals surface area (Å²) in [6.45, 7) is 3.94. The Balaban J connectivity index is 2.18. The summed E-state index contributed by atoms with van der Waals surface area (Å²) in [5.41, 5.74) is 8.29. The largest absolute Gasteiger partial charge is 0.325 e. The lowest BCUT2D eigenvalue weighted by Crippen LogP contribution is -2.35. The Morgan fingerprint density at radius 2 is 2.30 bits per heavy atom. The van der Waals surface area contributed by atoms with Crippen LogP contribution in [0.5, 0.6) is 0 Å². The van der Waals surface area contributed by atoms with E-state index in [9.17, 15) is 4.79 Å². The number of tetrazole rings is 1. The van der Waals surface area contributed by atoms with Crippen molar-refractivity contribution in [1.82, 2.24) is 20.2 Å². The van der Waals surface area contributed by atoms with Gasteiger partial charge in [0.2, 0.25) is 5.91 Å². The zero-order valence-corrected chi connectivity index (χ0v) is 11.6. The molecule has 1 aromatic heterocycles. The van der Waals surface area contributed by atoms with Crippen LogP contribution in [0.25, 0.3) is 5.69 Å². The highest BCUT2D eigenvalue weighted by atomic mass is 16.2. The smallest absolute Gasteiger partial charge is 0.241 e. The van der Waals surface area contributed by atoms with Crippen LogP contribution in [0, 0.1) is 6.92 Å². The molecule has 0 radical (unpaired) electrons. The highest BCUT2D eigenvalue weighted by Crippen LogP contribution is 2.18. The normalized spacial score (nSPS) is 12.2. The van der Waals surface area contributed by atoms with Gasteiger partial charge in [-0.1, -0.05) is 19.4 Å². The molecule has 106 valence electrons. The minimum absolute atomic E-state index is 0.182. The molecule has 0 saturated carbocycles. The van der Waals surface area contributed by atoms with Gasteiger partial charge in [0.15, 0.2) is 0 Å². The van der Waals surface area contributed by atoms with E-state index >= 15 is 0 Å². The molecule has 0 aliphatic carbocycles. The predicted octanol–water partition coefficient (Wildman–Crippen LogP) is 1.04. The van der Waals surface area contributed by atoms with Gasteiger partial charge in [0.1, 0.15) is 6.33 Å². The van der Waals surface area contributed by atoms with E-state index in [1.165, 1.54) is 6.33 Å². The summed E-state index contributed by atoms with van der Waals surface area (Å²) in [4.78, 5) is 11.9. The van der Waals surface area contributed by atoms with Crippen molar-refractivity contribution in [1.29, 1.82) is 0 Å². The fourth-order valence-corrected chi connectivity index (χ4v) is 1.88. The fraction of sp³-hybridized carbons (Fsp3) is 0.385. The van der Waals surface area contributed by atoms with Crippen molar-refractivity contribution in [2.45, 2.75) is 32.7 Å². The van der Waals surface area contributed by atoms with E-state index in [0.29, 0.717) is 12.1 Å². The summed E-state index contributed by atoms with van der Waals surface area (Å²) < 4.78 is 1.55. The first-order chi connectivity index (χ1) is 9.61. The van der Waals surface area contributed by atoms with Gasteiger partial charge in [-0.25, -0.2) is 4.68 Å². The third-order valence-corrected chi connectivity index (χ3v) is 3.01. The molecular weight excluding hydrogens is 256 g/mol. The number of carbonyl (C=O) groups excluding carboxylic acids is 1. The summed E-state index contributed by atoms with van der Waals surface area (Å²) >= 11 is 0. The summed E-state index contributed by atoms with van der Waals surface area (Å²) in [5.74, 6) is -0.182. The number of anilines is 1. The molecular formula is C13H18N6O. The van der Waals surface area contributed by atoms with E-state index < -0.39 is 6.04 Å². The maximum Gasteiger partial charge on any atom is 0.241 e. The molecule has 0 aliphatic heterocycles. The van der Waals surface area contributed by atoms with Crippen molar-refractivity contribution in [3.05, 3.63) is 30.1 Å². The monoisotopic (exact) mass is 274 g/mol. The molecule has 7 heteroatoms. The topological polar surface area (TPSA) is 98.7 Å². The summed E-state index contributed by atoms with van der Waals surface area (Å²) in [6, 6.07) is 5.07. The Morgan fingerprint density at radius 1 is 1.50 bits per heavy atom. The van der Waals surface area contributed by atoms with Gasteiger partial charge in [-0.05, 0) is 41.5 Å². The molecule has 2 rings (SSSR count). The van der Waals surface area contributed by atoms with Gasteiger partial charge in [0.25, 0.3) is 0 Å². The van der Waals surface area contributed by atoms with Crippen LogP contribution in [0.1, 0.15) is 25.3 Å². The van der Waals surface area contributed by atoms with Crippen LogP contribution in [-0.4, -0.2) is 32.2 Å². The van der Waals surface area contributed by atoms with Crippen LogP contribution in [0.15, 0.2) is 24.5 Å². The molecule has 0 spiro atoms. The summed E-state index contributed by atoms with van der Waals surface area (Å²) in [5, 5.41) is 13.9. The maximum atomic E-state index is 11.9. The Hall–Kier alpha value is -2.28.